The number of hydrogen-bond acceptors (Lipinski definition) is 4. The molecule has 1 aliphatic rings. The molecule has 0 spiro atoms. The van der Waals surface area contributed by atoms with Crippen molar-refractivity contribution in [1.29, 1.82) is 0 Å². The summed E-state index contributed by atoms with van der Waals surface area (Å²) in [6, 6.07) is 1.75. The quantitative estimate of drug-likeness (QED) is 0.927. The minimum Gasteiger partial charge on any atom is -0.391 e. The fraction of sp³-hybridized carbons (Fsp3) is 0.667. The molecule has 0 bridgehead atoms. The molecule has 0 aliphatic carbocycles. The van der Waals surface area contributed by atoms with Gasteiger partial charge in [0.15, 0.2) is 0 Å². The molecule has 1 aliphatic heterocycles. The van der Waals surface area contributed by atoms with Crippen LogP contribution in [0.4, 0.5) is 0 Å². The van der Waals surface area contributed by atoms with Crippen LogP contribution in [0.15, 0.2) is 10.3 Å². The Morgan fingerprint density at radius 2 is 2.22 bits per heavy atom. The van der Waals surface area contributed by atoms with E-state index in [0.29, 0.717) is 10.8 Å². The standard InChI is InChI=1S/C12H19NO3S2/c1-9-7-12(17-11(9)8-14)18(15,16)13-6-4-3-5-10(13)2/h7,10,14H,3-6,8H2,1-2H3. The van der Waals surface area contributed by atoms with E-state index in [4.69, 9.17) is 5.11 Å². The zero-order chi connectivity index (χ0) is 13.3. The lowest BCUT2D eigenvalue weighted by molar-refractivity contribution is 0.269. The lowest BCUT2D eigenvalue weighted by atomic mass is 10.1. The molecule has 1 unspecified atom stereocenters. The first kappa shape index (κ1) is 14.0. The predicted octanol–water partition coefficient (Wildman–Crippen LogP) is 2.11. The first-order chi connectivity index (χ1) is 8.46. The van der Waals surface area contributed by atoms with Gasteiger partial charge in [0.1, 0.15) is 4.21 Å². The smallest absolute Gasteiger partial charge is 0.252 e. The molecule has 0 amide bonds. The molecular weight excluding hydrogens is 270 g/mol. The number of nitrogens with zero attached hydrogens (tertiary/aromatic N) is 1. The summed E-state index contributed by atoms with van der Waals surface area (Å²) in [7, 11) is -3.38. The number of aryl methyl sites for hydroxylation is 1. The maximum atomic E-state index is 12.5. The second-order valence-electron chi connectivity index (χ2n) is 4.79. The minimum atomic E-state index is -3.38. The third-order valence-corrected chi connectivity index (χ3v) is 7.13. The molecular formula is C12H19NO3S2. The van der Waals surface area contributed by atoms with E-state index in [1.54, 1.807) is 10.4 Å². The van der Waals surface area contributed by atoms with Crippen LogP contribution in [0.2, 0.25) is 0 Å². The molecule has 18 heavy (non-hydrogen) atoms. The number of hydrogen-bond donors (Lipinski definition) is 1. The Labute approximate surface area is 112 Å². The van der Waals surface area contributed by atoms with Crippen LogP contribution in [0.1, 0.15) is 36.6 Å². The molecule has 1 atom stereocenters. The van der Waals surface area contributed by atoms with Crippen LogP contribution in [0.3, 0.4) is 0 Å². The number of sulfonamides is 1. The van der Waals surface area contributed by atoms with Crippen LogP contribution < -0.4 is 0 Å². The van der Waals surface area contributed by atoms with Gasteiger partial charge in [-0.25, -0.2) is 8.42 Å². The highest BCUT2D eigenvalue weighted by molar-refractivity contribution is 7.91. The predicted molar refractivity (Wildman–Crippen MR) is 72.2 cm³/mol. The van der Waals surface area contributed by atoms with Gasteiger partial charge in [-0.2, -0.15) is 4.31 Å². The molecule has 1 N–H and O–H groups in total. The Kier molecular flexibility index (Phi) is 4.11. The van der Waals surface area contributed by atoms with Crippen LogP contribution in [0.5, 0.6) is 0 Å². The average Bonchev–Trinajstić information content (AvgIpc) is 2.71. The average molecular weight is 289 g/mol. The highest BCUT2D eigenvalue weighted by Crippen LogP contribution is 2.31. The zero-order valence-electron chi connectivity index (χ0n) is 10.7. The highest BCUT2D eigenvalue weighted by Gasteiger charge is 2.32. The maximum absolute atomic E-state index is 12.5. The Morgan fingerprint density at radius 3 is 2.78 bits per heavy atom. The van der Waals surface area contributed by atoms with Gasteiger partial charge in [-0.05, 0) is 38.3 Å². The van der Waals surface area contributed by atoms with E-state index in [1.807, 2.05) is 13.8 Å². The molecule has 2 heterocycles. The second kappa shape index (κ2) is 5.28. The molecule has 1 saturated heterocycles. The summed E-state index contributed by atoms with van der Waals surface area (Å²) in [4.78, 5) is 0.734. The second-order valence-corrected chi connectivity index (χ2v) is 8.04. The van der Waals surface area contributed by atoms with Crippen molar-refractivity contribution in [3.05, 3.63) is 16.5 Å². The van der Waals surface area contributed by atoms with Gasteiger partial charge in [-0.3, -0.25) is 0 Å². The summed E-state index contributed by atoms with van der Waals surface area (Å²) in [6.45, 7) is 4.31. The largest absolute Gasteiger partial charge is 0.391 e. The molecule has 4 nitrogen and oxygen atoms in total. The Bertz CT molecular complexity index is 521. The van der Waals surface area contributed by atoms with Gasteiger partial charge in [0.05, 0.1) is 6.61 Å². The molecule has 6 heteroatoms. The molecule has 1 aromatic heterocycles. The van der Waals surface area contributed by atoms with Crippen molar-refractivity contribution in [3.8, 4) is 0 Å². The van der Waals surface area contributed by atoms with Crippen LogP contribution in [0.25, 0.3) is 0 Å². The fourth-order valence-corrected chi connectivity index (χ4v) is 5.60. The van der Waals surface area contributed by atoms with Crippen molar-refractivity contribution < 1.29 is 13.5 Å². The number of aliphatic hydroxyl groups excluding tert-OH is 1. The summed E-state index contributed by atoms with van der Waals surface area (Å²) >= 11 is 1.18. The van der Waals surface area contributed by atoms with Crippen molar-refractivity contribution in [1.82, 2.24) is 4.31 Å². The lowest BCUT2D eigenvalue weighted by Crippen LogP contribution is -2.41. The molecule has 1 aromatic rings. The number of piperidine rings is 1. The van der Waals surface area contributed by atoms with Crippen molar-refractivity contribution >= 4 is 21.4 Å². The molecule has 1 fully saturated rings. The van der Waals surface area contributed by atoms with Crippen molar-refractivity contribution in [3.63, 3.8) is 0 Å². The van der Waals surface area contributed by atoms with E-state index >= 15 is 0 Å². The van der Waals surface area contributed by atoms with Gasteiger partial charge in [0, 0.05) is 17.5 Å². The molecule has 0 saturated carbocycles. The minimum absolute atomic E-state index is 0.0729. The number of aliphatic hydroxyl groups is 1. The van der Waals surface area contributed by atoms with Crippen LogP contribution in [0, 0.1) is 6.92 Å². The Balaban J connectivity index is 2.34. The van der Waals surface area contributed by atoms with Gasteiger partial charge in [-0.1, -0.05) is 6.42 Å². The maximum Gasteiger partial charge on any atom is 0.252 e. The van der Waals surface area contributed by atoms with Gasteiger partial charge < -0.3 is 5.11 Å². The van der Waals surface area contributed by atoms with Crippen molar-refractivity contribution in [2.24, 2.45) is 0 Å². The van der Waals surface area contributed by atoms with Crippen molar-refractivity contribution in [2.75, 3.05) is 6.54 Å². The first-order valence-electron chi connectivity index (χ1n) is 6.19. The summed E-state index contributed by atoms with van der Waals surface area (Å²) in [5.74, 6) is 0. The van der Waals surface area contributed by atoms with Crippen LogP contribution in [-0.4, -0.2) is 30.4 Å². The summed E-state index contributed by atoms with van der Waals surface area (Å²) in [6.07, 6.45) is 2.95. The normalized spacial score (nSPS) is 22.3. The molecule has 0 aromatic carbocycles. The van der Waals surface area contributed by atoms with Gasteiger partial charge in [0.2, 0.25) is 0 Å². The Hall–Kier alpha value is -0.430. The summed E-state index contributed by atoms with van der Waals surface area (Å²) in [5.41, 5.74) is 0.853. The highest BCUT2D eigenvalue weighted by atomic mass is 32.2. The van der Waals surface area contributed by atoms with E-state index in [9.17, 15) is 8.42 Å². The first-order valence-corrected chi connectivity index (χ1v) is 8.44. The van der Waals surface area contributed by atoms with E-state index < -0.39 is 10.0 Å². The van der Waals surface area contributed by atoms with Crippen molar-refractivity contribution in [2.45, 2.75) is 50.0 Å². The Morgan fingerprint density at radius 1 is 1.50 bits per heavy atom. The summed E-state index contributed by atoms with van der Waals surface area (Å²) < 4.78 is 27.0. The van der Waals surface area contributed by atoms with E-state index in [2.05, 4.69) is 0 Å². The van der Waals surface area contributed by atoms with Gasteiger partial charge >= 0.3 is 0 Å². The number of thiophene rings is 1. The molecule has 102 valence electrons. The van der Waals surface area contributed by atoms with E-state index in [0.717, 1.165) is 29.7 Å². The van der Waals surface area contributed by atoms with E-state index in [-0.39, 0.29) is 12.6 Å². The SMILES string of the molecule is Cc1cc(S(=O)(=O)N2CCCCC2C)sc1CO. The summed E-state index contributed by atoms with van der Waals surface area (Å²) in [5, 5.41) is 9.16. The molecule has 0 radical (unpaired) electrons. The third kappa shape index (κ3) is 2.47. The topological polar surface area (TPSA) is 57.6 Å². The van der Waals surface area contributed by atoms with Crippen LogP contribution >= 0.6 is 11.3 Å². The van der Waals surface area contributed by atoms with Gasteiger partial charge in [0.25, 0.3) is 10.0 Å². The third-order valence-electron chi connectivity index (χ3n) is 3.45. The monoisotopic (exact) mass is 289 g/mol. The zero-order valence-corrected chi connectivity index (χ0v) is 12.4. The number of rotatable bonds is 3. The fourth-order valence-electron chi connectivity index (χ4n) is 2.32. The lowest BCUT2D eigenvalue weighted by Gasteiger charge is -2.31. The molecule has 2 rings (SSSR count). The van der Waals surface area contributed by atoms with Gasteiger partial charge in [-0.15, -0.1) is 11.3 Å². The van der Waals surface area contributed by atoms with Crippen LogP contribution in [-0.2, 0) is 16.6 Å². The van der Waals surface area contributed by atoms with E-state index in [1.165, 1.54) is 11.3 Å².